The van der Waals surface area contributed by atoms with Crippen molar-refractivity contribution < 1.29 is 0 Å². The van der Waals surface area contributed by atoms with Gasteiger partial charge < -0.3 is 5.32 Å². The molecule has 2 atom stereocenters. The third-order valence-electron chi connectivity index (χ3n) is 3.28. The van der Waals surface area contributed by atoms with E-state index in [2.05, 4.69) is 29.6 Å². The molecule has 0 saturated carbocycles. The van der Waals surface area contributed by atoms with Gasteiger partial charge in [0.1, 0.15) is 0 Å². The zero-order valence-electron chi connectivity index (χ0n) is 7.49. The van der Waals surface area contributed by atoms with Gasteiger partial charge in [0.05, 0.1) is 0 Å². The van der Waals surface area contributed by atoms with Crippen LogP contribution in [-0.2, 0) is 6.42 Å². The fourth-order valence-electron chi connectivity index (χ4n) is 2.68. The lowest BCUT2D eigenvalue weighted by atomic mass is 9.97. The predicted octanol–water partition coefficient (Wildman–Crippen LogP) is 1.97. The molecule has 1 aliphatic carbocycles. The average Bonchev–Trinajstić information content (AvgIpc) is 2.62. The standard InChI is InChI=1S/C11H13N.ClH/c1-2-4-10-8(3-1)5-9-6-12-7-11(9)10;/h1-4,9,11-12H,5-7H2;1H. The second-order valence-electron chi connectivity index (χ2n) is 3.93. The van der Waals surface area contributed by atoms with Gasteiger partial charge in [-0.15, -0.1) is 12.4 Å². The SMILES string of the molecule is Cl.c1ccc2c(c1)CC1CNCC21. The summed E-state index contributed by atoms with van der Waals surface area (Å²) in [4.78, 5) is 0. The third-order valence-corrected chi connectivity index (χ3v) is 3.28. The van der Waals surface area contributed by atoms with Crippen LogP contribution in [0.1, 0.15) is 17.0 Å². The molecular formula is C11H14ClN. The highest BCUT2D eigenvalue weighted by molar-refractivity contribution is 5.85. The Morgan fingerprint density at radius 3 is 2.92 bits per heavy atom. The summed E-state index contributed by atoms with van der Waals surface area (Å²) in [5.41, 5.74) is 3.20. The second kappa shape index (κ2) is 3.32. The Labute approximate surface area is 84.9 Å². The van der Waals surface area contributed by atoms with Gasteiger partial charge in [0.2, 0.25) is 0 Å². The maximum Gasteiger partial charge on any atom is 0.00236 e. The minimum Gasteiger partial charge on any atom is -0.316 e. The molecule has 3 rings (SSSR count). The maximum absolute atomic E-state index is 3.47. The van der Waals surface area contributed by atoms with Crippen molar-refractivity contribution in [2.24, 2.45) is 5.92 Å². The van der Waals surface area contributed by atoms with E-state index in [9.17, 15) is 0 Å². The highest BCUT2D eigenvalue weighted by Crippen LogP contribution is 2.39. The summed E-state index contributed by atoms with van der Waals surface area (Å²) in [5.74, 6) is 1.71. The largest absolute Gasteiger partial charge is 0.316 e. The first kappa shape index (κ1) is 9.04. The highest BCUT2D eigenvalue weighted by atomic mass is 35.5. The molecular weight excluding hydrogens is 182 g/mol. The third kappa shape index (κ3) is 1.27. The van der Waals surface area contributed by atoms with Crippen LogP contribution in [0.25, 0.3) is 0 Å². The van der Waals surface area contributed by atoms with Crippen LogP contribution in [-0.4, -0.2) is 13.1 Å². The van der Waals surface area contributed by atoms with Crippen molar-refractivity contribution in [3.63, 3.8) is 0 Å². The van der Waals surface area contributed by atoms with Crippen LogP contribution < -0.4 is 5.32 Å². The van der Waals surface area contributed by atoms with Crippen LogP contribution >= 0.6 is 12.4 Å². The first-order chi connectivity index (χ1) is 5.95. The van der Waals surface area contributed by atoms with Crippen molar-refractivity contribution in [1.29, 1.82) is 0 Å². The summed E-state index contributed by atoms with van der Waals surface area (Å²) in [6.07, 6.45) is 1.30. The van der Waals surface area contributed by atoms with E-state index in [-0.39, 0.29) is 12.4 Å². The number of fused-ring (bicyclic) bond motifs is 3. The molecule has 0 aromatic heterocycles. The van der Waals surface area contributed by atoms with Crippen LogP contribution in [0.4, 0.5) is 0 Å². The topological polar surface area (TPSA) is 12.0 Å². The molecule has 1 aromatic carbocycles. The summed E-state index contributed by atoms with van der Waals surface area (Å²) in [5, 5.41) is 3.47. The van der Waals surface area contributed by atoms with Gasteiger partial charge >= 0.3 is 0 Å². The van der Waals surface area contributed by atoms with Gasteiger partial charge in [-0.2, -0.15) is 0 Å². The fourth-order valence-corrected chi connectivity index (χ4v) is 2.68. The van der Waals surface area contributed by atoms with E-state index in [0.717, 1.165) is 11.8 Å². The van der Waals surface area contributed by atoms with E-state index in [1.165, 1.54) is 19.5 Å². The molecule has 70 valence electrons. The molecule has 1 fully saturated rings. The van der Waals surface area contributed by atoms with E-state index in [0.29, 0.717) is 0 Å². The van der Waals surface area contributed by atoms with Crippen molar-refractivity contribution >= 4 is 12.4 Å². The van der Waals surface area contributed by atoms with Crippen LogP contribution in [0.5, 0.6) is 0 Å². The van der Waals surface area contributed by atoms with E-state index < -0.39 is 0 Å². The van der Waals surface area contributed by atoms with E-state index in [1.807, 2.05) is 0 Å². The Hall–Kier alpha value is -0.530. The number of benzene rings is 1. The molecule has 0 bridgehead atoms. The molecule has 1 heterocycles. The van der Waals surface area contributed by atoms with Crippen LogP contribution in [0.3, 0.4) is 0 Å². The van der Waals surface area contributed by atoms with Crippen LogP contribution in [0.2, 0.25) is 0 Å². The van der Waals surface area contributed by atoms with Crippen molar-refractivity contribution in [3.05, 3.63) is 35.4 Å². The monoisotopic (exact) mass is 195 g/mol. The Morgan fingerprint density at radius 2 is 2.00 bits per heavy atom. The van der Waals surface area contributed by atoms with Crippen molar-refractivity contribution in [2.45, 2.75) is 12.3 Å². The molecule has 2 unspecified atom stereocenters. The summed E-state index contributed by atoms with van der Waals surface area (Å²) in [6.45, 7) is 2.42. The first-order valence-corrected chi connectivity index (χ1v) is 4.73. The summed E-state index contributed by atoms with van der Waals surface area (Å²) in [6, 6.07) is 8.91. The summed E-state index contributed by atoms with van der Waals surface area (Å²) < 4.78 is 0. The van der Waals surface area contributed by atoms with Crippen molar-refractivity contribution in [3.8, 4) is 0 Å². The molecule has 0 spiro atoms. The first-order valence-electron chi connectivity index (χ1n) is 4.73. The summed E-state index contributed by atoms with van der Waals surface area (Å²) >= 11 is 0. The van der Waals surface area contributed by atoms with Crippen LogP contribution in [0.15, 0.2) is 24.3 Å². The second-order valence-corrected chi connectivity index (χ2v) is 3.93. The number of hydrogen-bond acceptors (Lipinski definition) is 1. The Bertz CT molecular complexity index is 311. The molecule has 1 N–H and O–H groups in total. The lowest BCUT2D eigenvalue weighted by Crippen LogP contribution is -2.10. The molecule has 1 aliphatic heterocycles. The number of nitrogens with one attached hydrogen (secondary N) is 1. The van der Waals surface area contributed by atoms with Gasteiger partial charge in [0.15, 0.2) is 0 Å². The van der Waals surface area contributed by atoms with Gasteiger partial charge in [-0.05, 0) is 30.0 Å². The van der Waals surface area contributed by atoms with Gasteiger partial charge in [0.25, 0.3) is 0 Å². The fraction of sp³-hybridized carbons (Fsp3) is 0.455. The highest BCUT2D eigenvalue weighted by Gasteiger charge is 2.35. The average molecular weight is 196 g/mol. The quantitative estimate of drug-likeness (QED) is 0.668. The van der Waals surface area contributed by atoms with Crippen LogP contribution in [0, 0.1) is 5.92 Å². The molecule has 1 saturated heterocycles. The smallest absolute Gasteiger partial charge is 0.00236 e. The molecule has 0 radical (unpaired) electrons. The van der Waals surface area contributed by atoms with Crippen molar-refractivity contribution in [1.82, 2.24) is 5.32 Å². The molecule has 0 amide bonds. The lowest BCUT2D eigenvalue weighted by Gasteiger charge is -2.06. The molecule has 2 aliphatic rings. The predicted molar refractivity (Wildman–Crippen MR) is 56.5 cm³/mol. The number of hydrogen-bond donors (Lipinski definition) is 1. The Balaban J connectivity index is 0.000000653. The van der Waals surface area contributed by atoms with Crippen molar-refractivity contribution in [2.75, 3.05) is 13.1 Å². The Kier molecular flexibility index (Phi) is 2.31. The van der Waals surface area contributed by atoms with E-state index >= 15 is 0 Å². The molecule has 2 heteroatoms. The van der Waals surface area contributed by atoms with E-state index in [1.54, 1.807) is 11.1 Å². The van der Waals surface area contributed by atoms with Gasteiger partial charge in [-0.3, -0.25) is 0 Å². The zero-order chi connectivity index (χ0) is 7.97. The maximum atomic E-state index is 3.47. The van der Waals surface area contributed by atoms with Gasteiger partial charge in [-0.1, -0.05) is 24.3 Å². The minimum atomic E-state index is 0. The van der Waals surface area contributed by atoms with Gasteiger partial charge in [0, 0.05) is 12.5 Å². The summed E-state index contributed by atoms with van der Waals surface area (Å²) in [7, 11) is 0. The van der Waals surface area contributed by atoms with E-state index in [4.69, 9.17) is 0 Å². The minimum absolute atomic E-state index is 0. The lowest BCUT2D eigenvalue weighted by molar-refractivity contribution is 0.564. The normalized spacial score (nSPS) is 29.2. The Morgan fingerprint density at radius 1 is 1.15 bits per heavy atom. The zero-order valence-corrected chi connectivity index (χ0v) is 8.31. The molecule has 13 heavy (non-hydrogen) atoms. The molecule has 1 nitrogen and oxygen atoms in total. The number of rotatable bonds is 0. The number of halogens is 1. The molecule has 1 aromatic rings. The van der Waals surface area contributed by atoms with Gasteiger partial charge in [-0.25, -0.2) is 0 Å².